The van der Waals surface area contributed by atoms with E-state index in [0.717, 1.165) is 24.0 Å². The third-order valence-electron chi connectivity index (χ3n) is 4.30. The lowest BCUT2D eigenvalue weighted by Gasteiger charge is -2.31. The van der Waals surface area contributed by atoms with Crippen molar-refractivity contribution in [3.63, 3.8) is 0 Å². The zero-order valence-electron chi connectivity index (χ0n) is 12.3. The maximum Gasteiger partial charge on any atom is 0.251 e. The Morgan fingerprint density at radius 3 is 2.60 bits per heavy atom. The van der Waals surface area contributed by atoms with Crippen LogP contribution in [0.2, 0.25) is 0 Å². The minimum Gasteiger partial charge on any atom is -0.349 e. The van der Waals surface area contributed by atoms with Crippen molar-refractivity contribution in [1.29, 1.82) is 0 Å². The maximum atomic E-state index is 12.3. The van der Waals surface area contributed by atoms with Crippen LogP contribution in [0.1, 0.15) is 47.2 Å². The summed E-state index contributed by atoms with van der Waals surface area (Å²) < 4.78 is 0. The van der Waals surface area contributed by atoms with E-state index in [2.05, 4.69) is 12.2 Å². The number of nitrogens with one attached hydrogen (secondary N) is 1. The first kappa shape index (κ1) is 17.0. The van der Waals surface area contributed by atoms with Gasteiger partial charge in [-0.15, -0.1) is 12.4 Å². The number of halogens is 1. The van der Waals surface area contributed by atoms with Crippen molar-refractivity contribution in [3.05, 3.63) is 34.9 Å². The first-order valence-corrected chi connectivity index (χ1v) is 7.20. The summed E-state index contributed by atoms with van der Waals surface area (Å²) in [6.07, 6.45) is 4.61. The predicted molar refractivity (Wildman–Crippen MR) is 85.4 cm³/mol. The van der Waals surface area contributed by atoms with Gasteiger partial charge in [0, 0.05) is 11.6 Å². The first-order chi connectivity index (χ1) is 9.11. The largest absolute Gasteiger partial charge is 0.349 e. The molecule has 112 valence electrons. The van der Waals surface area contributed by atoms with Crippen LogP contribution in [-0.2, 0) is 0 Å². The first-order valence-electron chi connectivity index (χ1n) is 7.20. The Bertz CT molecular complexity index is 462. The van der Waals surface area contributed by atoms with Gasteiger partial charge in [-0.1, -0.05) is 18.9 Å². The number of rotatable bonds is 3. The highest BCUT2D eigenvalue weighted by Crippen LogP contribution is 2.24. The molecule has 0 aromatic heterocycles. The molecule has 0 saturated heterocycles. The topological polar surface area (TPSA) is 55.1 Å². The summed E-state index contributed by atoms with van der Waals surface area (Å²) in [5, 5.41) is 3.16. The van der Waals surface area contributed by atoms with E-state index in [-0.39, 0.29) is 24.4 Å². The third kappa shape index (κ3) is 3.97. The molecule has 1 aliphatic rings. The summed E-state index contributed by atoms with van der Waals surface area (Å²) in [6.45, 7) is 4.76. The van der Waals surface area contributed by atoms with E-state index >= 15 is 0 Å². The van der Waals surface area contributed by atoms with Gasteiger partial charge < -0.3 is 11.1 Å². The second-order valence-electron chi connectivity index (χ2n) is 5.66. The zero-order valence-corrected chi connectivity index (χ0v) is 13.1. The van der Waals surface area contributed by atoms with E-state index < -0.39 is 0 Å². The second kappa shape index (κ2) is 7.65. The van der Waals surface area contributed by atoms with Gasteiger partial charge in [0.15, 0.2) is 0 Å². The summed E-state index contributed by atoms with van der Waals surface area (Å²) in [5.74, 6) is 0.470. The van der Waals surface area contributed by atoms with E-state index in [9.17, 15) is 4.79 Å². The van der Waals surface area contributed by atoms with Crippen molar-refractivity contribution in [2.75, 3.05) is 6.54 Å². The molecule has 0 radical (unpaired) electrons. The maximum absolute atomic E-state index is 12.3. The van der Waals surface area contributed by atoms with Gasteiger partial charge in [0.1, 0.15) is 0 Å². The molecule has 2 atom stereocenters. The molecule has 2 rings (SSSR count). The molecule has 20 heavy (non-hydrogen) atoms. The monoisotopic (exact) mass is 296 g/mol. The van der Waals surface area contributed by atoms with E-state index in [1.54, 1.807) is 0 Å². The van der Waals surface area contributed by atoms with Gasteiger partial charge in [0.2, 0.25) is 0 Å². The Labute approximate surface area is 127 Å². The van der Waals surface area contributed by atoms with Crippen LogP contribution < -0.4 is 11.1 Å². The minimum absolute atomic E-state index is 0. The number of aryl methyl sites for hydroxylation is 2. The van der Waals surface area contributed by atoms with Gasteiger partial charge >= 0.3 is 0 Å². The molecule has 3 N–H and O–H groups in total. The Balaban J connectivity index is 0.00000200. The summed E-state index contributed by atoms with van der Waals surface area (Å²) in [5.41, 5.74) is 8.93. The molecule has 1 aromatic rings. The minimum atomic E-state index is 0. The van der Waals surface area contributed by atoms with Crippen LogP contribution in [0, 0.1) is 19.8 Å². The van der Waals surface area contributed by atoms with Crippen LogP contribution in [0.3, 0.4) is 0 Å². The second-order valence-corrected chi connectivity index (χ2v) is 5.66. The summed E-state index contributed by atoms with van der Waals surface area (Å²) in [7, 11) is 0. The van der Waals surface area contributed by atoms with Gasteiger partial charge in [-0.25, -0.2) is 0 Å². The Kier molecular flexibility index (Phi) is 6.50. The van der Waals surface area contributed by atoms with E-state index in [1.165, 1.54) is 18.4 Å². The number of carbonyl (C=O) groups excluding carboxylic acids is 1. The zero-order chi connectivity index (χ0) is 13.8. The Hall–Kier alpha value is -1.06. The fraction of sp³-hybridized carbons (Fsp3) is 0.562. The molecule has 1 saturated carbocycles. The molecule has 4 heteroatoms. The summed E-state index contributed by atoms with van der Waals surface area (Å²) >= 11 is 0. The van der Waals surface area contributed by atoms with Crippen LogP contribution in [0.25, 0.3) is 0 Å². The normalized spacial score (nSPS) is 21.9. The molecular weight excluding hydrogens is 272 g/mol. The van der Waals surface area contributed by atoms with Crippen LogP contribution >= 0.6 is 12.4 Å². The number of nitrogens with two attached hydrogens (primary N) is 1. The van der Waals surface area contributed by atoms with Crippen LogP contribution in [0.15, 0.2) is 18.2 Å². The quantitative estimate of drug-likeness (QED) is 0.901. The van der Waals surface area contributed by atoms with Gasteiger partial charge in [-0.3, -0.25) is 4.79 Å². The van der Waals surface area contributed by atoms with Gasteiger partial charge in [0.25, 0.3) is 5.91 Å². The van der Waals surface area contributed by atoms with E-state index in [1.807, 2.05) is 25.1 Å². The van der Waals surface area contributed by atoms with Gasteiger partial charge in [0.05, 0.1) is 0 Å². The standard InChI is InChI=1S/C16H24N2O.ClH/c1-11-7-8-13(9-12(11)2)16(19)18-15-6-4-3-5-14(15)10-17;/h7-9,14-15H,3-6,10,17H2,1-2H3,(H,18,19);1H. The van der Waals surface area contributed by atoms with Gasteiger partial charge in [-0.05, 0) is 62.4 Å². The van der Waals surface area contributed by atoms with Crippen molar-refractivity contribution in [1.82, 2.24) is 5.32 Å². The lowest BCUT2D eigenvalue weighted by atomic mass is 9.84. The Morgan fingerprint density at radius 1 is 1.25 bits per heavy atom. The average molecular weight is 297 g/mol. The number of hydrogen-bond acceptors (Lipinski definition) is 2. The average Bonchev–Trinajstić information content (AvgIpc) is 2.42. The van der Waals surface area contributed by atoms with Crippen molar-refractivity contribution in [3.8, 4) is 0 Å². The smallest absolute Gasteiger partial charge is 0.251 e. The number of hydrogen-bond donors (Lipinski definition) is 2. The molecular formula is C16H25ClN2O. The van der Waals surface area contributed by atoms with Crippen molar-refractivity contribution >= 4 is 18.3 Å². The molecule has 2 unspecified atom stereocenters. The highest BCUT2D eigenvalue weighted by molar-refractivity contribution is 5.94. The molecule has 1 fully saturated rings. The molecule has 0 heterocycles. The molecule has 1 amide bonds. The van der Waals surface area contributed by atoms with Crippen LogP contribution in [0.4, 0.5) is 0 Å². The van der Waals surface area contributed by atoms with E-state index in [0.29, 0.717) is 12.5 Å². The van der Waals surface area contributed by atoms with E-state index in [4.69, 9.17) is 5.73 Å². The van der Waals surface area contributed by atoms with Crippen LogP contribution in [-0.4, -0.2) is 18.5 Å². The van der Waals surface area contributed by atoms with Crippen molar-refractivity contribution in [2.45, 2.75) is 45.6 Å². The SMILES string of the molecule is Cc1ccc(C(=O)NC2CCCCC2CN)cc1C.Cl. The van der Waals surface area contributed by atoms with Crippen LogP contribution in [0.5, 0.6) is 0 Å². The summed E-state index contributed by atoms with van der Waals surface area (Å²) in [6, 6.07) is 6.11. The molecule has 3 nitrogen and oxygen atoms in total. The number of amides is 1. The number of carbonyl (C=O) groups is 1. The summed E-state index contributed by atoms with van der Waals surface area (Å²) in [4.78, 5) is 12.3. The van der Waals surface area contributed by atoms with Gasteiger partial charge in [-0.2, -0.15) is 0 Å². The number of benzene rings is 1. The molecule has 0 bridgehead atoms. The Morgan fingerprint density at radius 2 is 1.95 bits per heavy atom. The van der Waals surface area contributed by atoms with Crippen molar-refractivity contribution in [2.24, 2.45) is 11.7 Å². The molecule has 0 spiro atoms. The fourth-order valence-corrected chi connectivity index (χ4v) is 2.81. The molecule has 1 aliphatic carbocycles. The highest BCUT2D eigenvalue weighted by atomic mass is 35.5. The third-order valence-corrected chi connectivity index (χ3v) is 4.30. The lowest BCUT2D eigenvalue weighted by Crippen LogP contribution is -2.44. The molecule has 1 aromatic carbocycles. The highest BCUT2D eigenvalue weighted by Gasteiger charge is 2.25. The lowest BCUT2D eigenvalue weighted by molar-refractivity contribution is 0.0908. The predicted octanol–water partition coefficient (Wildman–Crippen LogP) is 2.97. The van der Waals surface area contributed by atoms with Crippen molar-refractivity contribution < 1.29 is 4.79 Å². The fourth-order valence-electron chi connectivity index (χ4n) is 2.81. The molecule has 0 aliphatic heterocycles.